The zero-order valence-electron chi connectivity index (χ0n) is 10.1. The van der Waals surface area contributed by atoms with Crippen LogP contribution in [0.5, 0.6) is 0 Å². The number of nitrogens with zero attached hydrogens (tertiary/aromatic N) is 2. The first-order valence-corrected chi connectivity index (χ1v) is 5.71. The number of rotatable bonds is 5. The minimum atomic E-state index is -0.291. The Morgan fingerprint density at radius 2 is 2.06 bits per heavy atom. The van der Waals surface area contributed by atoms with Crippen LogP contribution in [0.4, 0.5) is 0 Å². The minimum Gasteiger partial charge on any atom is -0.356 e. The molecule has 1 fully saturated rings. The molecule has 1 N–H and O–H groups in total. The van der Waals surface area contributed by atoms with Crippen molar-refractivity contribution >= 4 is 0 Å². The summed E-state index contributed by atoms with van der Waals surface area (Å²) in [6, 6.07) is 2.22. The molecule has 0 aliphatic carbocycles. The molecule has 92 valence electrons. The molecular weight excluding hydrogens is 206 g/mol. The van der Waals surface area contributed by atoms with E-state index in [9.17, 15) is 5.26 Å². The topological polar surface area (TPSA) is 57.5 Å². The highest BCUT2D eigenvalue weighted by Gasteiger charge is 2.22. The molecule has 0 spiro atoms. The maximum Gasteiger partial charge on any atom is 0.159 e. The van der Waals surface area contributed by atoms with Crippen molar-refractivity contribution in [3.05, 3.63) is 0 Å². The van der Waals surface area contributed by atoms with Gasteiger partial charge in [0, 0.05) is 40.3 Å². The van der Waals surface area contributed by atoms with E-state index in [1.54, 1.807) is 14.2 Å². The molecular formula is C11H21N3O2. The van der Waals surface area contributed by atoms with Crippen LogP contribution in [0.3, 0.4) is 0 Å². The van der Waals surface area contributed by atoms with Crippen LogP contribution in [-0.4, -0.2) is 57.6 Å². The molecule has 1 heterocycles. The summed E-state index contributed by atoms with van der Waals surface area (Å²) in [6.07, 6.45) is 1.40. The average Bonchev–Trinajstić information content (AvgIpc) is 2.60. The molecule has 0 saturated carbocycles. The number of hydrogen-bond acceptors (Lipinski definition) is 5. The van der Waals surface area contributed by atoms with Crippen molar-refractivity contribution < 1.29 is 9.47 Å². The van der Waals surface area contributed by atoms with Gasteiger partial charge in [0.25, 0.3) is 0 Å². The van der Waals surface area contributed by atoms with Crippen LogP contribution in [0.25, 0.3) is 0 Å². The van der Waals surface area contributed by atoms with E-state index < -0.39 is 0 Å². The van der Waals surface area contributed by atoms with Crippen LogP contribution in [0.15, 0.2) is 0 Å². The van der Waals surface area contributed by atoms with Gasteiger partial charge in [-0.15, -0.1) is 0 Å². The second-order valence-corrected chi connectivity index (χ2v) is 3.92. The molecule has 16 heavy (non-hydrogen) atoms. The number of ether oxygens (including phenoxy) is 2. The molecule has 0 bridgehead atoms. The van der Waals surface area contributed by atoms with Crippen LogP contribution in [-0.2, 0) is 9.47 Å². The Bertz CT molecular complexity index is 218. The molecule has 1 atom stereocenters. The van der Waals surface area contributed by atoms with Crippen LogP contribution in [0.2, 0.25) is 0 Å². The Kier molecular flexibility index (Phi) is 6.34. The molecule has 1 aliphatic heterocycles. The van der Waals surface area contributed by atoms with Crippen LogP contribution in [0, 0.1) is 11.3 Å². The summed E-state index contributed by atoms with van der Waals surface area (Å²) in [5.41, 5.74) is 0. The van der Waals surface area contributed by atoms with Gasteiger partial charge in [0.15, 0.2) is 6.29 Å². The highest BCUT2D eigenvalue weighted by Crippen LogP contribution is 2.11. The largest absolute Gasteiger partial charge is 0.356 e. The zero-order chi connectivity index (χ0) is 11.8. The Hall–Kier alpha value is -0.670. The van der Waals surface area contributed by atoms with Crippen molar-refractivity contribution in [1.29, 1.82) is 5.26 Å². The van der Waals surface area contributed by atoms with Gasteiger partial charge in [-0.3, -0.25) is 4.90 Å². The predicted octanol–water partition coefficient (Wildman–Crippen LogP) is 0.183. The second-order valence-electron chi connectivity index (χ2n) is 3.92. The summed E-state index contributed by atoms with van der Waals surface area (Å²) in [7, 11) is 3.21. The third-order valence-corrected chi connectivity index (χ3v) is 2.91. The number of hydrogen-bond donors (Lipinski definition) is 1. The predicted molar refractivity (Wildman–Crippen MR) is 60.9 cm³/mol. The SMILES string of the molecule is COC(CC(C#N)N1CCCNCC1)OC. The van der Waals surface area contributed by atoms with Gasteiger partial charge in [0.05, 0.1) is 6.07 Å². The molecule has 1 saturated heterocycles. The lowest BCUT2D eigenvalue weighted by Crippen LogP contribution is -2.39. The van der Waals surface area contributed by atoms with E-state index in [0.717, 1.165) is 32.6 Å². The quantitative estimate of drug-likeness (QED) is 0.679. The minimum absolute atomic E-state index is 0.121. The molecule has 1 rings (SSSR count). The highest BCUT2D eigenvalue weighted by molar-refractivity contribution is 4.93. The smallest absolute Gasteiger partial charge is 0.159 e. The second kappa shape index (κ2) is 7.58. The highest BCUT2D eigenvalue weighted by atomic mass is 16.7. The van der Waals surface area contributed by atoms with E-state index in [0.29, 0.717) is 6.42 Å². The Balaban J connectivity index is 2.48. The van der Waals surface area contributed by atoms with Gasteiger partial charge in [0.1, 0.15) is 6.04 Å². The van der Waals surface area contributed by atoms with E-state index in [4.69, 9.17) is 9.47 Å². The number of nitriles is 1. The lowest BCUT2D eigenvalue weighted by Gasteiger charge is -2.27. The Morgan fingerprint density at radius 1 is 1.31 bits per heavy atom. The first-order valence-electron chi connectivity index (χ1n) is 5.71. The zero-order valence-corrected chi connectivity index (χ0v) is 10.1. The van der Waals surface area contributed by atoms with Crippen LogP contribution < -0.4 is 5.32 Å². The van der Waals surface area contributed by atoms with Crippen molar-refractivity contribution in [1.82, 2.24) is 10.2 Å². The molecule has 5 heteroatoms. The van der Waals surface area contributed by atoms with Gasteiger partial charge in [-0.25, -0.2) is 0 Å². The maximum absolute atomic E-state index is 9.19. The van der Waals surface area contributed by atoms with Gasteiger partial charge in [-0.1, -0.05) is 0 Å². The first kappa shape index (κ1) is 13.4. The summed E-state index contributed by atoms with van der Waals surface area (Å²) in [5, 5.41) is 12.5. The summed E-state index contributed by atoms with van der Waals surface area (Å²) >= 11 is 0. The monoisotopic (exact) mass is 227 g/mol. The Labute approximate surface area is 97.3 Å². The summed E-state index contributed by atoms with van der Waals surface area (Å²) < 4.78 is 10.3. The van der Waals surface area contributed by atoms with Crippen LogP contribution in [0.1, 0.15) is 12.8 Å². The summed E-state index contributed by atoms with van der Waals surface area (Å²) in [5.74, 6) is 0. The molecule has 1 unspecified atom stereocenters. The fourth-order valence-electron chi connectivity index (χ4n) is 1.93. The van der Waals surface area contributed by atoms with Crippen LogP contribution >= 0.6 is 0 Å². The van der Waals surface area contributed by atoms with Crippen molar-refractivity contribution in [3.8, 4) is 6.07 Å². The van der Waals surface area contributed by atoms with Crippen molar-refractivity contribution in [2.45, 2.75) is 25.2 Å². The lowest BCUT2D eigenvalue weighted by molar-refractivity contribution is -0.113. The van der Waals surface area contributed by atoms with Crippen molar-refractivity contribution in [2.75, 3.05) is 40.4 Å². The maximum atomic E-state index is 9.19. The summed E-state index contributed by atoms with van der Waals surface area (Å²) in [6.45, 7) is 3.86. The molecule has 0 aromatic carbocycles. The standard InChI is InChI=1S/C11H21N3O2/c1-15-11(16-2)8-10(9-12)14-6-3-4-13-5-7-14/h10-11,13H,3-8H2,1-2H3. The fourth-order valence-corrected chi connectivity index (χ4v) is 1.93. The number of methoxy groups -OCH3 is 2. The normalized spacial score (nSPS) is 20.4. The van der Waals surface area contributed by atoms with Gasteiger partial charge < -0.3 is 14.8 Å². The average molecular weight is 227 g/mol. The molecule has 1 aliphatic rings. The van der Waals surface area contributed by atoms with Gasteiger partial charge in [-0.2, -0.15) is 5.26 Å². The van der Waals surface area contributed by atoms with Crippen molar-refractivity contribution in [2.24, 2.45) is 0 Å². The number of nitrogens with one attached hydrogen (secondary N) is 1. The fraction of sp³-hybridized carbons (Fsp3) is 0.909. The lowest BCUT2D eigenvalue weighted by atomic mass is 10.2. The van der Waals surface area contributed by atoms with E-state index in [2.05, 4.69) is 16.3 Å². The molecule has 0 radical (unpaired) electrons. The van der Waals surface area contributed by atoms with Gasteiger partial charge >= 0.3 is 0 Å². The molecule has 0 aromatic rings. The Morgan fingerprint density at radius 3 is 2.69 bits per heavy atom. The molecule has 0 aromatic heterocycles. The van der Waals surface area contributed by atoms with Gasteiger partial charge in [-0.05, 0) is 13.0 Å². The van der Waals surface area contributed by atoms with Gasteiger partial charge in [0.2, 0.25) is 0 Å². The third kappa shape index (κ3) is 4.06. The van der Waals surface area contributed by atoms with E-state index >= 15 is 0 Å². The summed E-state index contributed by atoms with van der Waals surface area (Å²) in [4.78, 5) is 2.20. The van der Waals surface area contributed by atoms with Crippen molar-refractivity contribution in [3.63, 3.8) is 0 Å². The van der Waals surface area contributed by atoms with E-state index in [-0.39, 0.29) is 12.3 Å². The van der Waals surface area contributed by atoms with E-state index in [1.807, 2.05) is 0 Å². The first-order chi connectivity index (χ1) is 7.81. The third-order valence-electron chi connectivity index (χ3n) is 2.91. The molecule has 0 amide bonds. The van der Waals surface area contributed by atoms with E-state index in [1.165, 1.54) is 0 Å². The molecule has 5 nitrogen and oxygen atoms in total.